The fourth-order valence-electron chi connectivity index (χ4n) is 2.64. The van der Waals surface area contributed by atoms with Crippen molar-refractivity contribution in [2.75, 3.05) is 6.61 Å². The highest BCUT2D eigenvalue weighted by molar-refractivity contribution is 5.80. The Hall–Kier alpha value is -1.35. The lowest BCUT2D eigenvalue weighted by Crippen LogP contribution is -2.23. The third-order valence-electron chi connectivity index (χ3n) is 4.17. The van der Waals surface area contributed by atoms with Crippen molar-refractivity contribution in [2.45, 2.75) is 51.0 Å². The quantitative estimate of drug-likeness (QED) is 0.700. The molecule has 2 unspecified atom stereocenters. The molecule has 1 saturated heterocycles. The molecular formula is C17H24O3. The van der Waals surface area contributed by atoms with E-state index in [1.807, 2.05) is 6.07 Å². The molecule has 0 radical (unpaired) electrons. The number of benzene rings is 1. The summed E-state index contributed by atoms with van der Waals surface area (Å²) in [6.45, 7) is 2.65. The normalized spacial score (nSPS) is 22.4. The van der Waals surface area contributed by atoms with Gasteiger partial charge in [-0.1, -0.05) is 50.1 Å². The van der Waals surface area contributed by atoms with Crippen molar-refractivity contribution >= 4 is 5.97 Å². The van der Waals surface area contributed by atoms with E-state index in [1.54, 1.807) is 0 Å². The Morgan fingerprint density at radius 3 is 2.55 bits per heavy atom. The van der Waals surface area contributed by atoms with Crippen molar-refractivity contribution in [3.8, 4) is 0 Å². The summed E-state index contributed by atoms with van der Waals surface area (Å²) < 4.78 is 5.08. The maximum Gasteiger partial charge on any atom is 0.338 e. The molecule has 20 heavy (non-hydrogen) atoms. The zero-order valence-electron chi connectivity index (χ0n) is 12.2. The highest BCUT2D eigenvalue weighted by atomic mass is 16.6. The summed E-state index contributed by atoms with van der Waals surface area (Å²) in [5, 5.41) is 9.01. The molecule has 1 aromatic carbocycles. The van der Waals surface area contributed by atoms with Gasteiger partial charge in [0.05, 0.1) is 6.61 Å². The van der Waals surface area contributed by atoms with Crippen LogP contribution in [0.15, 0.2) is 30.3 Å². The van der Waals surface area contributed by atoms with Gasteiger partial charge in [0.1, 0.15) is 0 Å². The highest BCUT2D eigenvalue weighted by Crippen LogP contribution is 2.33. The molecule has 0 aliphatic carbocycles. The van der Waals surface area contributed by atoms with Crippen LogP contribution < -0.4 is 0 Å². The topological polar surface area (TPSA) is 49.8 Å². The average molecular weight is 276 g/mol. The fraction of sp³-hybridized carbons (Fsp3) is 0.588. The summed E-state index contributed by atoms with van der Waals surface area (Å²) in [4.78, 5) is 11.0. The SMILES string of the molecule is CC(CCCc1ccccc1)CCCC1(C(=O)O)CO1. The third-order valence-corrected chi connectivity index (χ3v) is 4.17. The second-order valence-corrected chi connectivity index (χ2v) is 5.96. The first kappa shape index (κ1) is 15.0. The molecule has 2 rings (SSSR count). The number of carboxylic acid groups (broad SMARTS) is 1. The maximum absolute atomic E-state index is 11.0. The Kier molecular flexibility index (Phi) is 5.18. The van der Waals surface area contributed by atoms with Gasteiger partial charge in [-0.05, 0) is 37.2 Å². The number of epoxide rings is 1. The van der Waals surface area contributed by atoms with E-state index < -0.39 is 11.6 Å². The molecule has 3 nitrogen and oxygen atoms in total. The molecule has 0 bridgehead atoms. The Morgan fingerprint density at radius 2 is 1.95 bits per heavy atom. The molecule has 1 aliphatic heterocycles. The minimum absolute atomic E-state index is 0.394. The van der Waals surface area contributed by atoms with Crippen molar-refractivity contribution in [2.24, 2.45) is 5.92 Å². The number of carboxylic acids is 1. The largest absolute Gasteiger partial charge is 0.479 e. The Labute approximate surface area is 121 Å². The van der Waals surface area contributed by atoms with Gasteiger partial charge in [0.2, 0.25) is 0 Å². The number of carbonyl (C=O) groups is 1. The van der Waals surface area contributed by atoms with E-state index in [9.17, 15) is 4.79 Å². The van der Waals surface area contributed by atoms with Crippen molar-refractivity contribution in [1.29, 1.82) is 0 Å². The Balaban J connectivity index is 1.57. The van der Waals surface area contributed by atoms with E-state index in [-0.39, 0.29) is 0 Å². The first-order chi connectivity index (χ1) is 9.62. The predicted octanol–water partition coefficient (Wildman–Crippen LogP) is 3.67. The van der Waals surface area contributed by atoms with Crippen molar-refractivity contribution in [3.05, 3.63) is 35.9 Å². The van der Waals surface area contributed by atoms with E-state index in [2.05, 4.69) is 31.2 Å². The molecule has 1 fully saturated rings. The van der Waals surface area contributed by atoms with E-state index in [0.29, 0.717) is 18.9 Å². The lowest BCUT2D eigenvalue weighted by atomic mass is 9.94. The predicted molar refractivity (Wildman–Crippen MR) is 78.7 cm³/mol. The van der Waals surface area contributed by atoms with Crippen LogP contribution in [-0.4, -0.2) is 23.3 Å². The maximum atomic E-state index is 11.0. The Bertz CT molecular complexity index is 423. The summed E-state index contributed by atoms with van der Waals surface area (Å²) >= 11 is 0. The summed E-state index contributed by atoms with van der Waals surface area (Å²) in [6, 6.07) is 10.6. The summed E-state index contributed by atoms with van der Waals surface area (Å²) in [5.74, 6) is -0.141. The van der Waals surface area contributed by atoms with Crippen LogP contribution in [0.4, 0.5) is 0 Å². The number of aryl methyl sites for hydroxylation is 1. The number of ether oxygens (including phenoxy) is 1. The molecule has 3 heteroatoms. The van der Waals surface area contributed by atoms with Gasteiger partial charge < -0.3 is 9.84 Å². The van der Waals surface area contributed by atoms with Crippen molar-refractivity contribution < 1.29 is 14.6 Å². The van der Waals surface area contributed by atoms with Crippen LogP contribution in [0.3, 0.4) is 0 Å². The summed E-state index contributed by atoms with van der Waals surface area (Å²) in [5.41, 5.74) is 0.569. The van der Waals surface area contributed by atoms with Gasteiger partial charge in [-0.3, -0.25) is 0 Å². The van der Waals surface area contributed by atoms with Crippen molar-refractivity contribution in [3.63, 3.8) is 0 Å². The van der Waals surface area contributed by atoms with E-state index in [0.717, 1.165) is 19.3 Å². The first-order valence-electron chi connectivity index (χ1n) is 7.54. The van der Waals surface area contributed by atoms with Crippen LogP contribution in [0.2, 0.25) is 0 Å². The van der Waals surface area contributed by atoms with E-state index >= 15 is 0 Å². The van der Waals surface area contributed by atoms with Gasteiger partial charge in [0.15, 0.2) is 5.60 Å². The highest BCUT2D eigenvalue weighted by Gasteiger charge is 2.51. The van der Waals surface area contributed by atoms with Gasteiger partial charge in [-0.2, -0.15) is 0 Å². The second kappa shape index (κ2) is 6.89. The third kappa shape index (κ3) is 4.34. The standard InChI is InChI=1S/C17H24O3/c1-14(7-5-11-15-9-3-2-4-10-15)8-6-12-17(13-20-17)16(18)19/h2-4,9-10,14H,5-8,11-13H2,1H3,(H,18,19). The van der Waals surface area contributed by atoms with Gasteiger partial charge >= 0.3 is 5.97 Å². The number of hydrogen-bond donors (Lipinski definition) is 1. The van der Waals surface area contributed by atoms with E-state index in [1.165, 1.54) is 18.4 Å². The van der Waals surface area contributed by atoms with Crippen molar-refractivity contribution in [1.82, 2.24) is 0 Å². The first-order valence-corrected chi connectivity index (χ1v) is 7.54. The van der Waals surface area contributed by atoms with Gasteiger partial charge in [0, 0.05) is 0 Å². The molecule has 1 aliphatic rings. The van der Waals surface area contributed by atoms with Crippen LogP contribution in [0.25, 0.3) is 0 Å². The fourth-order valence-corrected chi connectivity index (χ4v) is 2.64. The zero-order valence-corrected chi connectivity index (χ0v) is 12.2. The monoisotopic (exact) mass is 276 g/mol. The molecular weight excluding hydrogens is 252 g/mol. The molecule has 1 aromatic rings. The molecule has 2 atom stereocenters. The summed E-state index contributed by atoms with van der Waals surface area (Å²) in [7, 11) is 0. The van der Waals surface area contributed by atoms with Gasteiger partial charge in [-0.15, -0.1) is 0 Å². The van der Waals surface area contributed by atoms with Crippen LogP contribution in [0.1, 0.15) is 44.6 Å². The van der Waals surface area contributed by atoms with E-state index in [4.69, 9.17) is 9.84 Å². The smallest absolute Gasteiger partial charge is 0.338 e. The Morgan fingerprint density at radius 1 is 1.30 bits per heavy atom. The molecule has 110 valence electrons. The molecule has 1 N–H and O–H groups in total. The minimum Gasteiger partial charge on any atom is -0.479 e. The van der Waals surface area contributed by atoms with Crippen LogP contribution in [-0.2, 0) is 16.0 Å². The molecule has 1 heterocycles. The molecule has 0 saturated carbocycles. The average Bonchev–Trinajstić information content (AvgIpc) is 3.21. The molecule has 0 spiro atoms. The number of hydrogen-bond acceptors (Lipinski definition) is 2. The van der Waals surface area contributed by atoms with Gasteiger partial charge in [-0.25, -0.2) is 4.79 Å². The van der Waals surface area contributed by atoms with Crippen LogP contribution in [0.5, 0.6) is 0 Å². The molecule has 0 aromatic heterocycles. The second-order valence-electron chi connectivity index (χ2n) is 5.96. The van der Waals surface area contributed by atoms with Crippen LogP contribution in [0, 0.1) is 5.92 Å². The zero-order chi connectivity index (χ0) is 14.4. The number of rotatable bonds is 9. The number of aliphatic carboxylic acids is 1. The van der Waals surface area contributed by atoms with Gasteiger partial charge in [0.25, 0.3) is 0 Å². The van der Waals surface area contributed by atoms with Crippen LogP contribution >= 0.6 is 0 Å². The minimum atomic E-state index is -0.830. The lowest BCUT2D eigenvalue weighted by molar-refractivity contribution is -0.143. The molecule has 0 amide bonds. The summed E-state index contributed by atoms with van der Waals surface area (Å²) in [6.07, 6.45) is 6.23. The lowest BCUT2D eigenvalue weighted by Gasteiger charge is -2.12.